The Kier molecular flexibility index (Phi) is 6.06. The van der Waals surface area contributed by atoms with E-state index in [4.69, 9.17) is 23.2 Å². The summed E-state index contributed by atoms with van der Waals surface area (Å²) < 4.78 is 0. The summed E-state index contributed by atoms with van der Waals surface area (Å²) in [5, 5.41) is 6.43. The van der Waals surface area contributed by atoms with Crippen molar-refractivity contribution in [2.24, 2.45) is 0 Å². The second-order valence-electron chi connectivity index (χ2n) is 5.23. The molecule has 1 atom stereocenters. The zero-order valence-corrected chi connectivity index (χ0v) is 13.9. The van der Waals surface area contributed by atoms with Crippen molar-refractivity contribution in [2.75, 3.05) is 26.2 Å². The van der Waals surface area contributed by atoms with E-state index in [2.05, 4.69) is 10.6 Å². The third kappa shape index (κ3) is 4.12. The van der Waals surface area contributed by atoms with Crippen LogP contribution in [0.4, 0.5) is 0 Å². The van der Waals surface area contributed by atoms with Gasteiger partial charge in [-0.25, -0.2) is 0 Å². The summed E-state index contributed by atoms with van der Waals surface area (Å²) in [4.78, 5) is 26.4. The van der Waals surface area contributed by atoms with Gasteiger partial charge in [-0.2, -0.15) is 0 Å². The highest BCUT2D eigenvalue weighted by molar-refractivity contribution is 6.43. The standard InChI is InChI=1S/C15H19Cl2N3O2/c1-10(15(22)20-8-3-6-18-7-9-20)19-14(21)11-4-2-5-12(16)13(11)17/h2,4-5,10,18H,3,6-9H2,1H3,(H,19,21). The molecule has 1 saturated heterocycles. The van der Waals surface area contributed by atoms with E-state index in [1.807, 2.05) is 0 Å². The maximum atomic E-state index is 12.4. The van der Waals surface area contributed by atoms with Gasteiger partial charge in [-0.05, 0) is 32.0 Å². The molecule has 5 nitrogen and oxygen atoms in total. The summed E-state index contributed by atoms with van der Waals surface area (Å²) in [5.74, 6) is -0.489. The molecule has 120 valence electrons. The molecule has 1 heterocycles. The van der Waals surface area contributed by atoms with E-state index < -0.39 is 11.9 Å². The average Bonchev–Trinajstić information content (AvgIpc) is 2.78. The molecule has 2 N–H and O–H groups in total. The van der Waals surface area contributed by atoms with Gasteiger partial charge in [-0.15, -0.1) is 0 Å². The number of hydrogen-bond acceptors (Lipinski definition) is 3. The van der Waals surface area contributed by atoms with Crippen molar-refractivity contribution >= 4 is 35.0 Å². The number of nitrogens with zero attached hydrogens (tertiary/aromatic N) is 1. The number of hydrogen-bond donors (Lipinski definition) is 2. The monoisotopic (exact) mass is 343 g/mol. The number of amides is 2. The van der Waals surface area contributed by atoms with Crippen LogP contribution in [0, 0.1) is 0 Å². The van der Waals surface area contributed by atoms with Crippen LogP contribution in [0.2, 0.25) is 10.0 Å². The van der Waals surface area contributed by atoms with Gasteiger partial charge in [-0.1, -0.05) is 29.3 Å². The molecular formula is C15H19Cl2N3O2. The van der Waals surface area contributed by atoms with Gasteiger partial charge in [0.2, 0.25) is 5.91 Å². The summed E-state index contributed by atoms with van der Waals surface area (Å²) in [6.45, 7) is 4.70. The molecule has 2 rings (SSSR count). The molecule has 1 aliphatic rings. The van der Waals surface area contributed by atoms with Crippen molar-refractivity contribution < 1.29 is 9.59 Å². The molecule has 22 heavy (non-hydrogen) atoms. The first kappa shape index (κ1) is 17.1. The number of carbonyl (C=O) groups is 2. The van der Waals surface area contributed by atoms with Gasteiger partial charge in [0.1, 0.15) is 6.04 Å². The molecule has 0 bridgehead atoms. The molecule has 1 unspecified atom stereocenters. The van der Waals surface area contributed by atoms with Crippen LogP contribution < -0.4 is 10.6 Å². The fourth-order valence-corrected chi connectivity index (χ4v) is 2.74. The number of carbonyl (C=O) groups excluding carboxylic acids is 2. The number of rotatable bonds is 3. The smallest absolute Gasteiger partial charge is 0.253 e. The first-order chi connectivity index (χ1) is 10.5. The van der Waals surface area contributed by atoms with Gasteiger partial charge in [0, 0.05) is 19.6 Å². The lowest BCUT2D eigenvalue weighted by molar-refractivity contribution is -0.132. The van der Waals surface area contributed by atoms with Crippen molar-refractivity contribution in [2.45, 2.75) is 19.4 Å². The van der Waals surface area contributed by atoms with Crippen molar-refractivity contribution in [3.63, 3.8) is 0 Å². The molecule has 0 aliphatic carbocycles. The molecule has 0 radical (unpaired) electrons. The molecular weight excluding hydrogens is 325 g/mol. The SMILES string of the molecule is CC(NC(=O)c1cccc(Cl)c1Cl)C(=O)N1CCCNCC1. The average molecular weight is 344 g/mol. The summed E-state index contributed by atoms with van der Waals surface area (Å²) in [5.41, 5.74) is 0.270. The van der Waals surface area contributed by atoms with E-state index in [1.54, 1.807) is 30.0 Å². The largest absolute Gasteiger partial charge is 0.340 e. The van der Waals surface area contributed by atoms with Gasteiger partial charge in [0.25, 0.3) is 5.91 Å². The maximum absolute atomic E-state index is 12.4. The van der Waals surface area contributed by atoms with E-state index in [9.17, 15) is 9.59 Å². The predicted molar refractivity (Wildman–Crippen MR) is 87.5 cm³/mol. The van der Waals surface area contributed by atoms with Crippen molar-refractivity contribution in [3.05, 3.63) is 33.8 Å². The third-order valence-corrected chi connectivity index (χ3v) is 4.38. The van der Waals surface area contributed by atoms with Crippen LogP contribution in [0.5, 0.6) is 0 Å². The number of benzene rings is 1. The first-order valence-electron chi connectivity index (χ1n) is 7.25. The Morgan fingerprint density at radius 2 is 2.05 bits per heavy atom. The van der Waals surface area contributed by atoms with Crippen LogP contribution in [-0.4, -0.2) is 48.9 Å². The lowest BCUT2D eigenvalue weighted by atomic mass is 10.2. The Morgan fingerprint density at radius 1 is 1.27 bits per heavy atom. The molecule has 7 heteroatoms. The minimum Gasteiger partial charge on any atom is -0.340 e. The molecule has 1 aliphatic heterocycles. The summed E-state index contributed by atoms with van der Waals surface area (Å²) in [6, 6.07) is 4.23. The third-order valence-electron chi connectivity index (χ3n) is 3.57. The predicted octanol–water partition coefficient (Wildman–Crippen LogP) is 1.93. The van der Waals surface area contributed by atoms with Crippen molar-refractivity contribution in [1.29, 1.82) is 0 Å². The highest BCUT2D eigenvalue weighted by Gasteiger charge is 2.24. The summed E-state index contributed by atoms with van der Waals surface area (Å²) >= 11 is 11.9. The fourth-order valence-electron chi connectivity index (χ4n) is 2.36. The van der Waals surface area contributed by atoms with Gasteiger partial charge < -0.3 is 15.5 Å². The lowest BCUT2D eigenvalue weighted by Crippen LogP contribution is -2.48. The highest BCUT2D eigenvalue weighted by atomic mass is 35.5. The van der Waals surface area contributed by atoms with Gasteiger partial charge in [-0.3, -0.25) is 9.59 Å². The van der Waals surface area contributed by atoms with Gasteiger partial charge >= 0.3 is 0 Å². The van der Waals surface area contributed by atoms with Crippen LogP contribution in [0.25, 0.3) is 0 Å². The highest BCUT2D eigenvalue weighted by Crippen LogP contribution is 2.25. The van der Waals surface area contributed by atoms with E-state index in [0.717, 1.165) is 19.5 Å². The van der Waals surface area contributed by atoms with E-state index in [0.29, 0.717) is 18.1 Å². The quantitative estimate of drug-likeness (QED) is 0.881. The fraction of sp³-hybridized carbons (Fsp3) is 0.467. The van der Waals surface area contributed by atoms with Crippen LogP contribution in [0.3, 0.4) is 0 Å². The Morgan fingerprint density at radius 3 is 2.82 bits per heavy atom. The van der Waals surface area contributed by atoms with Crippen LogP contribution >= 0.6 is 23.2 Å². The zero-order valence-electron chi connectivity index (χ0n) is 12.4. The molecule has 1 aromatic rings. The first-order valence-corrected chi connectivity index (χ1v) is 8.00. The molecule has 2 amide bonds. The van der Waals surface area contributed by atoms with E-state index in [-0.39, 0.29) is 16.5 Å². The molecule has 1 aromatic carbocycles. The molecule has 1 fully saturated rings. The Labute approximate surface area is 139 Å². The van der Waals surface area contributed by atoms with Crippen molar-refractivity contribution in [1.82, 2.24) is 15.5 Å². The number of halogens is 2. The van der Waals surface area contributed by atoms with Crippen LogP contribution in [0.15, 0.2) is 18.2 Å². The maximum Gasteiger partial charge on any atom is 0.253 e. The van der Waals surface area contributed by atoms with E-state index in [1.165, 1.54) is 0 Å². The Balaban J connectivity index is 2.01. The van der Waals surface area contributed by atoms with Crippen LogP contribution in [-0.2, 0) is 4.79 Å². The Hall–Kier alpha value is -1.30. The van der Waals surface area contributed by atoms with Crippen LogP contribution in [0.1, 0.15) is 23.7 Å². The van der Waals surface area contributed by atoms with Crippen molar-refractivity contribution in [3.8, 4) is 0 Å². The lowest BCUT2D eigenvalue weighted by Gasteiger charge is -2.24. The summed E-state index contributed by atoms with van der Waals surface area (Å²) in [6.07, 6.45) is 0.909. The molecule has 0 aromatic heterocycles. The van der Waals surface area contributed by atoms with E-state index >= 15 is 0 Å². The second-order valence-corrected chi connectivity index (χ2v) is 6.01. The van der Waals surface area contributed by atoms with Gasteiger partial charge in [0.05, 0.1) is 15.6 Å². The minimum atomic E-state index is -0.611. The minimum absolute atomic E-state index is 0.0878. The second kappa shape index (κ2) is 7.81. The number of nitrogens with one attached hydrogen (secondary N) is 2. The zero-order chi connectivity index (χ0) is 16.1. The summed E-state index contributed by atoms with van der Waals surface area (Å²) in [7, 11) is 0. The van der Waals surface area contributed by atoms with Gasteiger partial charge in [0.15, 0.2) is 0 Å². The normalized spacial score (nSPS) is 16.8. The molecule has 0 spiro atoms. The topological polar surface area (TPSA) is 61.4 Å². The molecule has 0 saturated carbocycles. The Bertz CT molecular complexity index is 558.